The first-order valence-electron chi connectivity index (χ1n) is 3.06. The number of nitrogens with zero attached hydrogens (tertiary/aromatic N) is 1. The molecule has 0 aliphatic rings. The van der Waals surface area contributed by atoms with E-state index in [1.165, 1.54) is 11.1 Å². The van der Waals surface area contributed by atoms with Gasteiger partial charge in [-0.05, 0) is 17.2 Å². The van der Waals surface area contributed by atoms with E-state index in [4.69, 9.17) is 5.73 Å². The minimum absolute atomic E-state index is 0.612. The third-order valence-corrected chi connectivity index (χ3v) is 2.19. The third-order valence-electron chi connectivity index (χ3n) is 1.37. The van der Waals surface area contributed by atoms with Crippen LogP contribution in [0.2, 0.25) is 0 Å². The van der Waals surface area contributed by atoms with E-state index in [1.54, 1.807) is 6.20 Å². The van der Waals surface area contributed by atoms with Crippen molar-refractivity contribution in [2.45, 2.75) is 11.0 Å². The van der Waals surface area contributed by atoms with Gasteiger partial charge in [0.05, 0.1) is 0 Å². The first kappa shape index (κ1) is 7.94. The number of hydrogen-bond acceptors (Lipinski definition) is 2. The third kappa shape index (κ3) is 1.67. The maximum absolute atomic E-state index is 5.50. The molecule has 0 radical (unpaired) electrons. The van der Waals surface area contributed by atoms with Gasteiger partial charge in [0.2, 0.25) is 0 Å². The maximum Gasteiger partial charge on any atom is 0.0310 e. The van der Waals surface area contributed by atoms with Gasteiger partial charge < -0.3 is 5.73 Å². The fraction of sp³-hybridized carbons (Fsp3) is 0.286. The van der Waals surface area contributed by atoms with Gasteiger partial charge >= 0.3 is 0 Å². The quantitative estimate of drug-likeness (QED) is 0.635. The molecule has 0 unspecified atom stereocenters. The van der Waals surface area contributed by atoms with Crippen LogP contribution in [-0.4, -0.2) is 4.98 Å². The summed E-state index contributed by atoms with van der Waals surface area (Å²) in [6, 6.07) is 1.97. The van der Waals surface area contributed by atoms with Crippen molar-refractivity contribution in [3.8, 4) is 0 Å². The molecule has 2 N–H and O–H groups in total. The lowest BCUT2D eigenvalue weighted by Gasteiger charge is -2.00. The van der Waals surface area contributed by atoms with Crippen LogP contribution in [0.3, 0.4) is 0 Å². The molecule has 0 atom stereocenters. The Labute approximate surface area is 74.0 Å². The number of alkyl halides is 1. The van der Waals surface area contributed by atoms with Crippen molar-refractivity contribution in [1.82, 2.24) is 4.98 Å². The highest BCUT2D eigenvalue weighted by Gasteiger charge is 1.96. The number of aromatic nitrogens is 1. The Morgan fingerprint density at radius 3 is 2.80 bits per heavy atom. The summed E-state index contributed by atoms with van der Waals surface area (Å²) in [7, 11) is 0. The van der Waals surface area contributed by atoms with E-state index in [0.717, 1.165) is 4.43 Å². The molecule has 3 heteroatoms. The van der Waals surface area contributed by atoms with E-state index >= 15 is 0 Å². The summed E-state index contributed by atoms with van der Waals surface area (Å²) >= 11 is 2.31. The van der Waals surface area contributed by atoms with Crippen LogP contribution in [0.5, 0.6) is 0 Å². The van der Waals surface area contributed by atoms with Gasteiger partial charge in [-0.2, -0.15) is 0 Å². The Kier molecular flexibility index (Phi) is 3.08. The molecule has 0 spiro atoms. The van der Waals surface area contributed by atoms with E-state index in [1.807, 2.05) is 12.3 Å². The lowest BCUT2D eigenvalue weighted by Crippen LogP contribution is -2.00. The zero-order valence-corrected chi connectivity index (χ0v) is 7.71. The summed E-state index contributed by atoms with van der Waals surface area (Å²) in [6.07, 6.45) is 3.65. The van der Waals surface area contributed by atoms with Crippen molar-refractivity contribution in [2.24, 2.45) is 5.73 Å². The molecule has 0 amide bonds. The SMILES string of the molecule is NCc1ccncc1CI. The van der Waals surface area contributed by atoms with Crippen LogP contribution in [0.4, 0.5) is 0 Å². The van der Waals surface area contributed by atoms with Crippen molar-refractivity contribution < 1.29 is 0 Å². The molecule has 2 nitrogen and oxygen atoms in total. The molecule has 0 bridgehead atoms. The lowest BCUT2D eigenvalue weighted by molar-refractivity contribution is 1.03. The summed E-state index contributed by atoms with van der Waals surface area (Å²) in [5.41, 5.74) is 7.93. The largest absolute Gasteiger partial charge is 0.326 e. The van der Waals surface area contributed by atoms with Crippen LogP contribution in [0.1, 0.15) is 11.1 Å². The number of rotatable bonds is 2. The summed E-state index contributed by atoms with van der Waals surface area (Å²) in [4.78, 5) is 4.00. The van der Waals surface area contributed by atoms with Crippen LogP contribution in [0, 0.1) is 0 Å². The molecule has 0 saturated heterocycles. The van der Waals surface area contributed by atoms with E-state index in [9.17, 15) is 0 Å². The molecule has 0 aliphatic carbocycles. The molecule has 0 saturated carbocycles. The summed E-state index contributed by atoms with van der Waals surface area (Å²) in [5, 5.41) is 0. The minimum atomic E-state index is 0.612. The Hall–Kier alpha value is -0.160. The first-order chi connectivity index (χ1) is 4.88. The molecule has 54 valence electrons. The van der Waals surface area contributed by atoms with Crippen LogP contribution in [-0.2, 0) is 11.0 Å². The predicted octanol–water partition coefficient (Wildman–Crippen LogP) is 1.48. The van der Waals surface area contributed by atoms with Crippen molar-refractivity contribution in [3.63, 3.8) is 0 Å². The molecule has 0 aromatic carbocycles. The molecular formula is C7H9IN2. The van der Waals surface area contributed by atoms with Crippen molar-refractivity contribution in [3.05, 3.63) is 29.6 Å². The number of hydrogen-bond donors (Lipinski definition) is 1. The van der Waals surface area contributed by atoms with E-state index < -0.39 is 0 Å². The molecule has 0 aliphatic heterocycles. The Morgan fingerprint density at radius 1 is 1.50 bits per heavy atom. The van der Waals surface area contributed by atoms with Crippen molar-refractivity contribution in [2.75, 3.05) is 0 Å². The number of pyridine rings is 1. The normalized spacial score (nSPS) is 9.80. The van der Waals surface area contributed by atoms with Gasteiger partial charge in [0, 0.05) is 23.4 Å². The Bertz CT molecular complexity index is 190. The number of halogens is 1. The van der Waals surface area contributed by atoms with Crippen LogP contribution < -0.4 is 5.73 Å². The van der Waals surface area contributed by atoms with Crippen LogP contribution in [0.15, 0.2) is 18.5 Å². The lowest BCUT2D eigenvalue weighted by atomic mass is 10.2. The Balaban J connectivity index is 2.96. The Morgan fingerprint density at radius 2 is 2.30 bits per heavy atom. The van der Waals surface area contributed by atoms with E-state index in [2.05, 4.69) is 27.6 Å². The monoisotopic (exact) mass is 248 g/mol. The number of nitrogens with two attached hydrogens (primary N) is 1. The van der Waals surface area contributed by atoms with Gasteiger partial charge in [-0.1, -0.05) is 22.6 Å². The van der Waals surface area contributed by atoms with Crippen LogP contribution in [0.25, 0.3) is 0 Å². The van der Waals surface area contributed by atoms with E-state index in [-0.39, 0.29) is 0 Å². The molecule has 1 heterocycles. The molecule has 0 fully saturated rings. The van der Waals surface area contributed by atoms with Gasteiger partial charge in [0.1, 0.15) is 0 Å². The highest BCUT2D eigenvalue weighted by Crippen LogP contribution is 2.09. The van der Waals surface area contributed by atoms with Gasteiger partial charge in [-0.25, -0.2) is 0 Å². The summed E-state index contributed by atoms with van der Waals surface area (Å²) in [5.74, 6) is 0. The maximum atomic E-state index is 5.50. The smallest absolute Gasteiger partial charge is 0.0310 e. The summed E-state index contributed by atoms with van der Waals surface area (Å²) in [6.45, 7) is 0.612. The van der Waals surface area contributed by atoms with Crippen molar-refractivity contribution >= 4 is 22.6 Å². The van der Waals surface area contributed by atoms with Gasteiger partial charge in [-0.3, -0.25) is 4.98 Å². The zero-order valence-electron chi connectivity index (χ0n) is 5.55. The van der Waals surface area contributed by atoms with Gasteiger partial charge in [0.15, 0.2) is 0 Å². The average molecular weight is 248 g/mol. The highest BCUT2D eigenvalue weighted by atomic mass is 127. The molecule has 1 aromatic rings. The zero-order chi connectivity index (χ0) is 7.40. The molecule has 1 rings (SSSR count). The topological polar surface area (TPSA) is 38.9 Å². The van der Waals surface area contributed by atoms with Crippen LogP contribution >= 0.6 is 22.6 Å². The standard InChI is InChI=1S/C7H9IN2/c8-3-7-5-10-2-1-6(7)4-9/h1-2,5H,3-4,9H2. The van der Waals surface area contributed by atoms with Crippen molar-refractivity contribution in [1.29, 1.82) is 0 Å². The fourth-order valence-electron chi connectivity index (χ4n) is 0.775. The second kappa shape index (κ2) is 3.88. The molecule has 10 heavy (non-hydrogen) atoms. The van der Waals surface area contributed by atoms with Gasteiger partial charge in [-0.15, -0.1) is 0 Å². The highest BCUT2D eigenvalue weighted by molar-refractivity contribution is 14.1. The molecular weight excluding hydrogens is 239 g/mol. The fourth-order valence-corrected chi connectivity index (χ4v) is 1.46. The van der Waals surface area contributed by atoms with Gasteiger partial charge in [0.25, 0.3) is 0 Å². The summed E-state index contributed by atoms with van der Waals surface area (Å²) < 4.78 is 0.984. The second-order valence-electron chi connectivity index (χ2n) is 1.98. The molecule has 1 aromatic heterocycles. The minimum Gasteiger partial charge on any atom is -0.326 e. The first-order valence-corrected chi connectivity index (χ1v) is 4.59. The second-order valence-corrected chi connectivity index (χ2v) is 2.74. The predicted molar refractivity (Wildman–Crippen MR) is 49.9 cm³/mol. The average Bonchev–Trinajstić information content (AvgIpc) is 2.04. The van der Waals surface area contributed by atoms with E-state index in [0.29, 0.717) is 6.54 Å².